The monoisotopic (exact) mass is 445 g/mol. The van der Waals surface area contributed by atoms with E-state index in [1.165, 1.54) is 23.5 Å². The average molecular weight is 445 g/mol. The molecule has 31 heavy (non-hydrogen) atoms. The van der Waals surface area contributed by atoms with E-state index in [0.29, 0.717) is 24.5 Å². The molecule has 164 valence electrons. The molecule has 1 aliphatic heterocycles. The van der Waals surface area contributed by atoms with Crippen LogP contribution < -0.4 is 0 Å². The normalized spacial score (nSPS) is 16.3. The van der Waals surface area contributed by atoms with Crippen LogP contribution in [0, 0.1) is 6.92 Å². The second-order valence-electron chi connectivity index (χ2n) is 7.35. The number of carbonyl (C=O) groups is 2. The standard InChI is InChI=1S/C21H23N3O6S/c1-13-19(16-5-3-4-6-17(16)23-13)20(25)14(2)30-21(26)18-11-15(12-22-18)31(27,28)24-7-9-29-10-8-24/h3-6,11-12,14,22-23H,7-10H2,1-2H3. The summed E-state index contributed by atoms with van der Waals surface area (Å²) < 4.78 is 37.2. The van der Waals surface area contributed by atoms with Crippen LogP contribution in [-0.2, 0) is 19.5 Å². The molecule has 1 saturated heterocycles. The average Bonchev–Trinajstić information content (AvgIpc) is 3.38. The van der Waals surface area contributed by atoms with Gasteiger partial charge in [0.15, 0.2) is 6.10 Å². The van der Waals surface area contributed by atoms with Crippen LogP contribution in [0.2, 0.25) is 0 Å². The van der Waals surface area contributed by atoms with E-state index >= 15 is 0 Å². The Balaban J connectivity index is 1.49. The Hall–Kier alpha value is -2.95. The number of para-hydroxylation sites is 1. The van der Waals surface area contributed by atoms with Crippen LogP contribution in [0.1, 0.15) is 33.5 Å². The predicted molar refractivity (Wildman–Crippen MR) is 113 cm³/mol. The van der Waals surface area contributed by atoms with E-state index in [-0.39, 0.29) is 29.5 Å². The molecule has 9 nitrogen and oxygen atoms in total. The number of hydrogen-bond acceptors (Lipinski definition) is 6. The molecular formula is C21H23N3O6S. The molecule has 0 bridgehead atoms. The van der Waals surface area contributed by atoms with E-state index in [4.69, 9.17) is 9.47 Å². The van der Waals surface area contributed by atoms with Gasteiger partial charge in [0.1, 0.15) is 10.6 Å². The van der Waals surface area contributed by atoms with Gasteiger partial charge in [-0.3, -0.25) is 4.79 Å². The van der Waals surface area contributed by atoms with Gasteiger partial charge < -0.3 is 19.4 Å². The van der Waals surface area contributed by atoms with Crippen molar-refractivity contribution < 1.29 is 27.5 Å². The first-order valence-corrected chi connectivity index (χ1v) is 11.3. The molecule has 1 fully saturated rings. The van der Waals surface area contributed by atoms with Gasteiger partial charge in [0.2, 0.25) is 15.8 Å². The zero-order valence-corrected chi connectivity index (χ0v) is 18.0. The number of aryl methyl sites for hydroxylation is 1. The molecule has 0 spiro atoms. The summed E-state index contributed by atoms with van der Waals surface area (Å²) in [6.07, 6.45) is 0.200. The van der Waals surface area contributed by atoms with E-state index in [1.807, 2.05) is 24.3 Å². The number of Topliss-reactive ketones (excluding diaryl/α,β-unsaturated/α-hetero) is 1. The lowest BCUT2D eigenvalue weighted by Crippen LogP contribution is -2.40. The van der Waals surface area contributed by atoms with E-state index in [9.17, 15) is 18.0 Å². The summed E-state index contributed by atoms with van der Waals surface area (Å²) in [5, 5.41) is 0.756. The summed E-state index contributed by atoms with van der Waals surface area (Å²) >= 11 is 0. The lowest BCUT2D eigenvalue weighted by Gasteiger charge is -2.25. The van der Waals surface area contributed by atoms with Crippen molar-refractivity contribution in [3.63, 3.8) is 0 Å². The van der Waals surface area contributed by atoms with Crippen molar-refractivity contribution in [2.75, 3.05) is 26.3 Å². The predicted octanol–water partition coefficient (Wildman–Crippen LogP) is 2.25. The first-order chi connectivity index (χ1) is 14.8. The maximum absolute atomic E-state index is 13.0. The third-order valence-corrected chi connectivity index (χ3v) is 7.15. The minimum atomic E-state index is -3.74. The number of H-pyrrole nitrogens is 2. The van der Waals surface area contributed by atoms with Crippen LogP contribution in [0.4, 0.5) is 0 Å². The minimum absolute atomic E-state index is 0.0344. The number of fused-ring (bicyclic) bond motifs is 1. The number of carbonyl (C=O) groups excluding carboxylic acids is 2. The summed E-state index contributed by atoms with van der Waals surface area (Å²) in [6.45, 7) is 4.44. The summed E-state index contributed by atoms with van der Waals surface area (Å²) in [6, 6.07) is 8.61. The number of esters is 1. The number of hydrogen-bond donors (Lipinski definition) is 2. The van der Waals surface area contributed by atoms with Crippen molar-refractivity contribution in [1.82, 2.24) is 14.3 Å². The van der Waals surface area contributed by atoms with E-state index < -0.39 is 22.1 Å². The molecule has 0 aliphatic carbocycles. The van der Waals surface area contributed by atoms with Gasteiger partial charge in [0, 0.05) is 41.4 Å². The third-order valence-electron chi connectivity index (χ3n) is 5.28. The van der Waals surface area contributed by atoms with Crippen LogP contribution in [0.25, 0.3) is 10.9 Å². The number of sulfonamides is 1. The molecule has 1 atom stereocenters. The molecular weight excluding hydrogens is 422 g/mol. The number of aromatic amines is 2. The van der Waals surface area contributed by atoms with Crippen LogP contribution in [-0.4, -0.2) is 66.9 Å². The van der Waals surface area contributed by atoms with Crippen molar-refractivity contribution in [1.29, 1.82) is 0 Å². The highest BCUT2D eigenvalue weighted by Crippen LogP contribution is 2.24. The molecule has 1 aromatic carbocycles. The highest BCUT2D eigenvalue weighted by molar-refractivity contribution is 7.89. The van der Waals surface area contributed by atoms with Crippen molar-refractivity contribution in [3.8, 4) is 0 Å². The summed E-state index contributed by atoms with van der Waals surface area (Å²) in [7, 11) is -3.74. The molecule has 10 heteroatoms. The van der Waals surface area contributed by atoms with Gasteiger partial charge in [0.25, 0.3) is 0 Å². The van der Waals surface area contributed by atoms with Gasteiger partial charge in [-0.2, -0.15) is 4.31 Å². The molecule has 2 aromatic heterocycles. The Morgan fingerprint density at radius 2 is 1.90 bits per heavy atom. The number of ether oxygens (including phenoxy) is 2. The van der Waals surface area contributed by atoms with Gasteiger partial charge in [-0.1, -0.05) is 18.2 Å². The van der Waals surface area contributed by atoms with Crippen molar-refractivity contribution in [2.24, 2.45) is 0 Å². The zero-order chi connectivity index (χ0) is 22.2. The molecule has 1 aliphatic rings. The fourth-order valence-electron chi connectivity index (χ4n) is 3.65. The third kappa shape index (κ3) is 4.01. The number of morpholine rings is 1. The molecule has 3 heterocycles. The highest BCUT2D eigenvalue weighted by atomic mass is 32.2. The van der Waals surface area contributed by atoms with Gasteiger partial charge in [0.05, 0.1) is 13.2 Å². The molecule has 2 N–H and O–H groups in total. The number of nitrogens with one attached hydrogen (secondary N) is 2. The lowest BCUT2D eigenvalue weighted by molar-refractivity contribution is 0.0314. The number of nitrogens with zero attached hydrogens (tertiary/aromatic N) is 1. The second-order valence-corrected chi connectivity index (χ2v) is 9.29. The first-order valence-electron chi connectivity index (χ1n) is 9.88. The maximum atomic E-state index is 13.0. The molecule has 3 aromatic rings. The Morgan fingerprint density at radius 3 is 2.65 bits per heavy atom. The summed E-state index contributed by atoms with van der Waals surface area (Å²) in [4.78, 5) is 31.3. The van der Waals surface area contributed by atoms with Crippen molar-refractivity contribution >= 4 is 32.7 Å². The number of aromatic nitrogens is 2. The largest absolute Gasteiger partial charge is 0.450 e. The van der Waals surface area contributed by atoms with Crippen LogP contribution >= 0.6 is 0 Å². The highest BCUT2D eigenvalue weighted by Gasteiger charge is 2.29. The maximum Gasteiger partial charge on any atom is 0.355 e. The minimum Gasteiger partial charge on any atom is -0.450 e. The Morgan fingerprint density at radius 1 is 1.19 bits per heavy atom. The SMILES string of the molecule is Cc1[nH]c2ccccc2c1C(=O)C(C)OC(=O)c1cc(S(=O)(=O)N2CCOCC2)c[nH]1. The number of ketones is 1. The van der Waals surface area contributed by atoms with Gasteiger partial charge >= 0.3 is 5.97 Å². The molecule has 1 unspecified atom stereocenters. The Kier molecular flexibility index (Phi) is 5.69. The van der Waals surface area contributed by atoms with Gasteiger partial charge in [-0.25, -0.2) is 13.2 Å². The topological polar surface area (TPSA) is 122 Å². The Labute approximate surface area is 179 Å². The Bertz CT molecular complexity index is 1240. The summed E-state index contributed by atoms with van der Waals surface area (Å²) in [5.41, 5.74) is 1.94. The summed E-state index contributed by atoms with van der Waals surface area (Å²) in [5.74, 6) is -1.14. The number of benzene rings is 1. The molecule has 0 saturated carbocycles. The van der Waals surface area contributed by atoms with E-state index in [1.54, 1.807) is 6.92 Å². The van der Waals surface area contributed by atoms with Crippen molar-refractivity contribution in [2.45, 2.75) is 24.8 Å². The molecule has 4 rings (SSSR count). The van der Waals surface area contributed by atoms with Crippen LogP contribution in [0.3, 0.4) is 0 Å². The van der Waals surface area contributed by atoms with E-state index in [0.717, 1.165) is 10.9 Å². The second kappa shape index (κ2) is 8.29. The molecule has 0 radical (unpaired) electrons. The van der Waals surface area contributed by atoms with Crippen LogP contribution in [0.15, 0.2) is 41.4 Å². The van der Waals surface area contributed by atoms with E-state index in [2.05, 4.69) is 9.97 Å². The fourth-order valence-corrected chi connectivity index (χ4v) is 5.05. The lowest BCUT2D eigenvalue weighted by atomic mass is 10.0. The quantitative estimate of drug-likeness (QED) is 0.443. The smallest absolute Gasteiger partial charge is 0.355 e. The number of rotatable bonds is 6. The van der Waals surface area contributed by atoms with Crippen LogP contribution in [0.5, 0.6) is 0 Å². The van der Waals surface area contributed by atoms with Gasteiger partial charge in [-0.05, 0) is 26.0 Å². The van der Waals surface area contributed by atoms with Gasteiger partial charge in [-0.15, -0.1) is 0 Å². The molecule has 0 amide bonds. The zero-order valence-electron chi connectivity index (χ0n) is 17.2. The first kappa shape index (κ1) is 21.3. The fraction of sp³-hybridized carbons (Fsp3) is 0.333. The van der Waals surface area contributed by atoms with Crippen molar-refractivity contribution in [3.05, 3.63) is 53.5 Å².